The van der Waals surface area contributed by atoms with Gasteiger partial charge in [0, 0.05) is 59.5 Å². The summed E-state index contributed by atoms with van der Waals surface area (Å²) in [6.45, 7) is 2.69. The summed E-state index contributed by atoms with van der Waals surface area (Å²) in [6.07, 6.45) is 4.24. The molecule has 0 saturated carbocycles. The molecule has 1 aromatic heterocycles. The van der Waals surface area contributed by atoms with Crippen molar-refractivity contribution in [1.82, 2.24) is 24.9 Å². The summed E-state index contributed by atoms with van der Waals surface area (Å²) in [5.74, 6) is 0.900. The minimum Gasteiger partial charge on any atom is -0.370 e. The number of guanidine groups is 1. The second-order valence-electron chi connectivity index (χ2n) is 5.76. The lowest BCUT2D eigenvalue weighted by Gasteiger charge is -2.34. The number of nitrogens with zero attached hydrogens (tertiary/aromatic N) is 5. The van der Waals surface area contributed by atoms with Crippen LogP contribution in [0.25, 0.3) is 0 Å². The highest BCUT2D eigenvalue weighted by molar-refractivity contribution is 14.0. The number of hydrogen-bond donors (Lipinski definition) is 1. The Morgan fingerprint density at radius 3 is 2.88 bits per heavy atom. The number of hydrogen-bond acceptors (Lipinski definition) is 4. The average Bonchev–Trinajstić information content (AvgIpc) is 2.98. The smallest absolute Gasteiger partial charge is 0.223 e. The second-order valence-corrected chi connectivity index (χ2v) is 5.76. The minimum atomic E-state index is -0.0144. The van der Waals surface area contributed by atoms with Crippen molar-refractivity contribution in [3.63, 3.8) is 0 Å². The summed E-state index contributed by atoms with van der Waals surface area (Å²) in [5.41, 5.74) is 1.07. The molecule has 0 spiro atoms. The molecule has 0 aromatic carbocycles. The van der Waals surface area contributed by atoms with E-state index >= 15 is 0 Å². The van der Waals surface area contributed by atoms with Crippen molar-refractivity contribution in [2.45, 2.75) is 12.5 Å². The van der Waals surface area contributed by atoms with Gasteiger partial charge in [-0.3, -0.25) is 14.5 Å². The maximum Gasteiger partial charge on any atom is 0.223 e. The molecule has 136 valence electrons. The lowest BCUT2D eigenvalue weighted by atomic mass is 10.1. The number of amides is 1. The Bertz CT molecular complexity index is 560. The fourth-order valence-electron chi connectivity index (χ4n) is 2.49. The number of aliphatic imine (C=N–C) groups is 1. The number of carbonyl (C=O) groups is 1. The summed E-state index contributed by atoms with van der Waals surface area (Å²) in [6, 6.07) is 0. The maximum absolute atomic E-state index is 11.6. The molecule has 2 heterocycles. The van der Waals surface area contributed by atoms with Gasteiger partial charge in [-0.05, 0) is 0 Å². The fourth-order valence-corrected chi connectivity index (χ4v) is 2.49. The summed E-state index contributed by atoms with van der Waals surface area (Å²) >= 11 is 0. The van der Waals surface area contributed by atoms with Gasteiger partial charge >= 0.3 is 0 Å². The second kappa shape index (κ2) is 9.82. The third-order valence-electron chi connectivity index (χ3n) is 3.80. The minimum absolute atomic E-state index is 0. The van der Waals surface area contributed by atoms with Crippen LogP contribution in [0.2, 0.25) is 0 Å². The molecule has 9 heteroatoms. The van der Waals surface area contributed by atoms with Gasteiger partial charge in [0.15, 0.2) is 5.96 Å². The van der Waals surface area contributed by atoms with Crippen LogP contribution in [0.5, 0.6) is 0 Å². The number of nitrogens with one attached hydrogen (secondary N) is 1. The van der Waals surface area contributed by atoms with Crippen LogP contribution >= 0.6 is 24.0 Å². The molecule has 24 heavy (non-hydrogen) atoms. The third kappa shape index (κ3) is 5.62. The Hall–Kier alpha value is -1.36. The Labute approximate surface area is 160 Å². The van der Waals surface area contributed by atoms with Crippen LogP contribution < -0.4 is 5.32 Å². The van der Waals surface area contributed by atoms with E-state index in [1.165, 1.54) is 0 Å². The lowest BCUT2D eigenvalue weighted by molar-refractivity contribution is -0.128. The van der Waals surface area contributed by atoms with Crippen LogP contribution in [0.3, 0.4) is 0 Å². The van der Waals surface area contributed by atoms with Crippen molar-refractivity contribution in [2.75, 3.05) is 47.4 Å². The predicted octanol–water partition coefficient (Wildman–Crippen LogP) is 0.465. The molecule has 1 aliphatic rings. The van der Waals surface area contributed by atoms with Crippen LogP contribution in [0, 0.1) is 0 Å². The van der Waals surface area contributed by atoms with Gasteiger partial charge in [0.2, 0.25) is 5.91 Å². The molecule has 0 aliphatic carbocycles. The van der Waals surface area contributed by atoms with E-state index in [0.717, 1.165) is 18.1 Å². The maximum atomic E-state index is 11.6. The predicted molar refractivity (Wildman–Crippen MR) is 104 cm³/mol. The first-order chi connectivity index (χ1) is 11.0. The van der Waals surface area contributed by atoms with E-state index in [4.69, 9.17) is 4.74 Å². The number of aromatic nitrogens is 2. The van der Waals surface area contributed by atoms with E-state index in [1.807, 2.05) is 19.4 Å². The molecule has 8 nitrogen and oxygen atoms in total. The van der Waals surface area contributed by atoms with Crippen molar-refractivity contribution < 1.29 is 9.53 Å². The number of ether oxygens (including phenoxy) is 1. The van der Waals surface area contributed by atoms with E-state index in [1.54, 1.807) is 30.7 Å². The molecule has 0 radical (unpaired) electrons. The van der Waals surface area contributed by atoms with Crippen molar-refractivity contribution in [2.24, 2.45) is 12.0 Å². The first-order valence-corrected chi connectivity index (χ1v) is 7.77. The topological polar surface area (TPSA) is 75.0 Å². The molecule has 1 atom stereocenters. The van der Waals surface area contributed by atoms with E-state index in [9.17, 15) is 4.79 Å². The molecule has 1 unspecified atom stereocenters. The van der Waals surface area contributed by atoms with E-state index in [0.29, 0.717) is 26.1 Å². The van der Waals surface area contributed by atoms with Gasteiger partial charge in [-0.1, -0.05) is 0 Å². The zero-order valence-electron chi connectivity index (χ0n) is 14.7. The fraction of sp³-hybridized carbons (Fsp3) is 0.667. The summed E-state index contributed by atoms with van der Waals surface area (Å²) in [5, 5.41) is 7.45. The molecule has 1 aromatic rings. The molecule has 1 saturated heterocycles. The number of carbonyl (C=O) groups excluding carboxylic acids is 1. The Morgan fingerprint density at radius 1 is 1.54 bits per heavy atom. The molecular formula is C15H27IN6O2. The van der Waals surface area contributed by atoms with E-state index in [2.05, 4.69) is 20.3 Å². The van der Waals surface area contributed by atoms with Crippen molar-refractivity contribution in [3.05, 3.63) is 18.0 Å². The SMILES string of the molecule is CN=C(NCCC(=O)N(C)C)N1CCOC(c2cnn(C)c2)C1.I. The molecule has 1 N–H and O–H groups in total. The summed E-state index contributed by atoms with van der Waals surface area (Å²) in [4.78, 5) is 19.7. The van der Waals surface area contributed by atoms with Crippen LogP contribution in [-0.2, 0) is 16.6 Å². The standard InChI is InChI=1S/C15H26N6O2.HI/c1-16-15(17-6-5-14(22)19(2)3)21-7-8-23-13(11-21)12-9-18-20(4)10-12;/h9-10,13H,5-8,11H2,1-4H3,(H,16,17);1H. The third-order valence-corrected chi connectivity index (χ3v) is 3.80. The van der Waals surface area contributed by atoms with Crippen molar-refractivity contribution >= 4 is 35.8 Å². The number of rotatable bonds is 4. The highest BCUT2D eigenvalue weighted by Crippen LogP contribution is 2.21. The zero-order valence-corrected chi connectivity index (χ0v) is 17.1. The normalized spacial score (nSPS) is 18.1. The van der Waals surface area contributed by atoms with Gasteiger partial charge in [0.1, 0.15) is 6.10 Å². The molecule has 1 aliphatic heterocycles. The lowest BCUT2D eigenvalue weighted by Crippen LogP contribution is -2.48. The molecule has 2 rings (SSSR count). The van der Waals surface area contributed by atoms with Crippen LogP contribution in [0.4, 0.5) is 0 Å². The monoisotopic (exact) mass is 450 g/mol. The Morgan fingerprint density at radius 2 is 2.29 bits per heavy atom. The van der Waals surface area contributed by atoms with Gasteiger partial charge in [0.25, 0.3) is 0 Å². The molecule has 1 amide bonds. The summed E-state index contributed by atoms with van der Waals surface area (Å²) < 4.78 is 7.61. The van der Waals surface area contributed by atoms with Gasteiger partial charge in [-0.15, -0.1) is 24.0 Å². The van der Waals surface area contributed by atoms with Crippen molar-refractivity contribution in [3.8, 4) is 0 Å². The average molecular weight is 450 g/mol. The first-order valence-electron chi connectivity index (χ1n) is 7.77. The van der Waals surface area contributed by atoms with Crippen LogP contribution in [0.1, 0.15) is 18.1 Å². The zero-order chi connectivity index (χ0) is 16.8. The number of halogens is 1. The molecular weight excluding hydrogens is 423 g/mol. The first kappa shape index (κ1) is 20.7. The Kier molecular flexibility index (Phi) is 8.46. The van der Waals surface area contributed by atoms with Crippen LogP contribution in [-0.4, -0.2) is 78.8 Å². The van der Waals surface area contributed by atoms with Gasteiger partial charge in [0.05, 0.1) is 19.3 Å². The highest BCUT2D eigenvalue weighted by Gasteiger charge is 2.25. The molecule has 0 bridgehead atoms. The largest absolute Gasteiger partial charge is 0.370 e. The van der Waals surface area contributed by atoms with Crippen LogP contribution in [0.15, 0.2) is 17.4 Å². The highest BCUT2D eigenvalue weighted by atomic mass is 127. The van der Waals surface area contributed by atoms with Gasteiger partial charge in [-0.25, -0.2) is 0 Å². The summed E-state index contributed by atoms with van der Waals surface area (Å²) in [7, 11) is 7.17. The quantitative estimate of drug-likeness (QED) is 0.410. The molecule has 1 fully saturated rings. The van der Waals surface area contributed by atoms with Gasteiger partial charge < -0.3 is 19.9 Å². The number of morpholine rings is 1. The number of aryl methyl sites for hydroxylation is 1. The van der Waals surface area contributed by atoms with Gasteiger partial charge in [-0.2, -0.15) is 5.10 Å². The van der Waals surface area contributed by atoms with E-state index < -0.39 is 0 Å². The Balaban J connectivity index is 0.00000288. The van der Waals surface area contributed by atoms with E-state index in [-0.39, 0.29) is 36.0 Å². The van der Waals surface area contributed by atoms with Crippen molar-refractivity contribution in [1.29, 1.82) is 0 Å².